The third-order valence-electron chi connectivity index (χ3n) is 2.75. The molecular formula is C12H10N2O3S. The van der Waals surface area contributed by atoms with Crippen molar-refractivity contribution in [2.45, 2.75) is 13.3 Å². The lowest BCUT2D eigenvalue weighted by Gasteiger charge is -1.99. The zero-order valence-electron chi connectivity index (χ0n) is 9.58. The van der Waals surface area contributed by atoms with Crippen LogP contribution >= 0.6 is 11.3 Å². The molecule has 92 valence electrons. The molecule has 3 heterocycles. The monoisotopic (exact) mass is 262 g/mol. The molecule has 0 bridgehead atoms. The highest BCUT2D eigenvalue weighted by molar-refractivity contribution is 7.15. The Kier molecular flexibility index (Phi) is 2.45. The Bertz CT molecular complexity index is 709. The van der Waals surface area contributed by atoms with Crippen LogP contribution in [0.25, 0.3) is 16.4 Å². The number of rotatable bonds is 3. The molecule has 0 spiro atoms. The number of nitrogens with zero attached hydrogens (tertiary/aromatic N) is 2. The summed E-state index contributed by atoms with van der Waals surface area (Å²) in [6, 6.07) is 3.58. The van der Waals surface area contributed by atoms with Crippen LogP contribution in [0.5, 0.6) is 0 Å². The second-order valence-corrected chi connectivity index (χ2v) is 4.62. The summed E-state index contributed by atoms with van der Waals surface area (Å²) >= 11 is 1.41. The van der Waals surface area contributed by atoms with Gasteiger partial charge in [0.05, 0.1) is 12.0 Å². The van der Waals surface area contributed by atoms with Crippen molar-refractivity contribution in [2.24, 2.45) is 0 Å². The molecule has 0 aromatic carbocycles. The Hall–Kier alpha value is -2.08. The molecule has 0 saturated heterocycles. The fourth-order valence-electron chi connectivity index (χ4n) is 1.97. The summed E-state index contributed by atoms with van der Waals surface area (Å²) in [5, 5.41) is 11.2. The van der Waals surface area contributed by atoms with Crippen molar-refractivity contribution in [3.63, 3.8) is 0 Å². The first-order valence-corrected chi connectivity index (χ1v) is 6.36. The molecule has 0 aliphatic heterocycles. The number of fused-ring (bicyclic) bond motifs is 1. The molecule has 3 aromatic heterocycles. The molecule has 0 saturated carbocycles. The number of carboxylic acids is 1. The molecule has 1 N–H and O–H groups in total. The van der Waals surface area contributed by atoms with Crippen LogP contribution in [0, 0.1) is 0 Å². The van der Waals surface area contributed by atoms with Crippen molar-refractivity contribution in [2.75, 3.05) is 0 Å². The van der Waals surface area contributed by atoms with Gasteiger partial charge in [0.1, 0.15) is 5.69 Å². The molecule has 0 fully saturated rings. The SMILES string of the molecule is CCc1nc2scc(-c3ccco3)n2c1C(=O)O. The molecule has 3 rings (SSSR count). The first-order chi connectivity index (χ1) is 8.72. The minimum atomic E-state index is -0.967. The van der Waals surface area contributed by atoms with Gasteiger partial charge in [-0.3, -0.25) is 4.40 Å². The molecule has 6 heteroatoms. The van der Waals surface area contributed by atoms with Crippen molar-refractivity contribution < 1.29 is 14.3 Å². The Balaban J connectivity index is 2.35. The Morgan fingerprint density at radius 2 is 2.44 bits per heavy atom. The average molecular weight is 262 g/mol. The smallest absolute Gasteiger partial charge is 0.354 e. The maximum absolute atomic E-state index is 11.4. The molecular weight excluding hydrogens is 252 g/mol. The van der Waals surface area contributed by atoms with E-state index in [0.29, 0.717) is 22.8 Å². The van der Waals surface area contributed by atoms with E-state index < -0.39 is 5.97 Å². The van der Waals surface area contributed by atoms with E-state index in [4.69, 9.17) is 4.42 Å². The van der Waals surface area contributed by atoms with Gasteiger partial charge in [-0.25, -0.2) is 9.78 Å². The van der Waals surface area contributed by atoms with Crippen molar-refractivity contribution in [3.05, 3.63) is 35.2 Å². The second kappa shape index (κ2) is 3.99. The number of thiazole rings is 1. The summed E-state index contributed by atoms with van der Waals surface area (Å²) in [5.74, 6) is -0.325. The summed E-state index contributed by atoms with van der Waals surface area (Å²) in [6.07, 6.45) is 2.16. The number of aromatic nitrogens is 2. The minimum absolute atomic E-state index is 0.222. The Labute approximate surface area is 106 Å². The average Bonchev–Trinajstić information content (AvgIpc) is 3.02. The normalized spacial score (nSPS) is 11.2. The number of aromatic carboxylic acids is 1. The summed E-state index contributed by atoms with van der Waals surface area (Å²) in [4.78, 5) is 16.4. The molecule has 0 aliphatic rings. The Morgan fingerprint density at radius 3 is 3.06 bits per heavy atom. The molecule has 0 unspecified atom stereocenters. The number of hydrogen-bond acceptors (Lipinski definition) is 4. The van der Waals surface area contributed by atoms with Crippen molar-refractivity contribution in [1.29, 1.82) is 0 Å². The quantitative estimate of drug-likeness (QED) is 0.788. The van der Waals surface area contributed by atoms with Crippen LogP contribution in [0.4, 0.5) is 0 Å². The van der Waals surface area contributed by atoms with Crippen LogP contribution in [0.15, 0.2) is 28.2 Å². The minimum Gasteiger partial charge on any atom is -0.477 e. The number of aryl methyl sites for hydroxylation is 1. The summed E-state index contributed by atoms with van der Waals surface area (Å²) in [6.45, 7) is 1.89. The van der Waals surface area contributed by atoms with Crippen LogP contribution in [-0.2, 0) is 6.42 Å². The van der Waals surface area contributed by atoms with Gasteiger partial charge in [-0.05, 0) is 18.6 Å². The van der Waals surface area contributed by atoms with E-state index in [1.807, 2.05) is 12.3 Å². The van der Waals surface area contributed by atoms with Gasteiger partial charge in [-0.1, -0.05) is 6.92 Å². The van der Waals surface area contributed by atoms with Crippen LogP contribution in [0.2, 0.25) is 0 Å². The summed E-state index contributed by atoms with van der Waals surface area (Å²) < 4.78 is 6.97. The largest absolute Gasteiger partial charge is 0.477 e. The van der Waals surface area contributed by atoms with Gasteiger partial charge in [0, 0.05) is 5.38 Å². The second-order valence-electron chi connectivity index (χ2n) is 3.78. The van der Waals surface area contributed by atoms with E-state index in [9.17, 15) is 9.90 Å². The maximum Gasteiger partial charge on any atom is 0.354 e. The first-order valence-electron chi connectivity index (χ1n) is 5.48. The number of hydrogen-bond donors (Lipinski definition) is 1. The lowest BCUT2D eigenvalue weighted by Crippen LogP contribution is -2.05. The predicted molar refractivity (Wildman–Crippen MR) is 67.1 cm³/mol. The van der Waals surface area contributed by atoms with Crippen molar-refractivity contribution in [3.8, 4) is 11.5 Å². The number of furan rings is 1. The van der Waals surface area contributed by atoms with Crippen LogP contribution in [0.1, 0.15) is 23.1 Å². The number of carbonyl (C=O) groups is 1. The molecule has 0 aliphatic carbocycles. The lowest BCUT2D eigenvalue weighted by atomic mass is 10.2. The fraction of sp³-hybridized carbons (Fsp3) is 0.167. The van der Waals surface area contributed by atoms with Gasteiger partial charge in [0.2, 0.25) is 0 Å². The molecule has 5 nitrogen and oxygen atoms in total. The van der Waals surface area contributed by atoms with Gasteiger partial charge >= 0.3 is 5.97 Å². The molecule has 0 radical (unpaired) electrons. The van der Waals surface area contributed by atoms with Crippen LogP contribution in [0.3, 0.4) is 0 Å². The zero-order chi connectivity index (χ0) is 12.7. The summed E-state index contributed by atoms with van der Waals surface area (Å²) in [7, 11) is 0. The van der Waals surface area contributed by atoms with Gasteiger partial charge in [0.15, 0.2) is 16.4 Å². The lowest BCUT2D eigenvalue weighted by molar-refractivity contribution is 0.0688. The Morgan fingerprint density at radius 1 is 1.61 bits per heavy atom. The topological polar surface area (TPSA) is 67.7 Å². The predicted octanol–water partition coefficient (Wildman–Crippen LogP) is 2.92. The van der Waals surface area contributed by atoms with E-state index in [1.54, 1.807) is 22.8 Å². The van der Waals surface area contributed by atoms with Crippen molar-refractivity contribution >= 4 is 22.3 Å². The highest BCUT2D eigenvalue weighted by atomic mass is 32.1. The van der Waals surface area contributed by atoms with E-state index in [-0.39, 0.29) is 5.69 Å². The highest BCUT2D eigenvalue weighted by Gasteiger charge is 2.22. The van der Waals surface area contributed by atoms with Gasteiger partial charge in [-0.2, -0.15) is 0 Å². The van der Waals surface area contributed by atoms with E-state index >= 15 is 0 Å². The third kappa shape index (κ3) is 1.46. The first kappa shape index (κ1) is 11.0. The van der Waals surface area contributed by atoms with Gasteiger partial charge < -0.3 is 9.52 Å². The molecule has 18 heavy (non-hydrogen) atoms. The molecule has 0 amide bonds. The molecule has 3 aromatic rings. The third-order valence-corrected chi connectivity index (χ3v) is 3.57. The number of carboxylic acid groups (broad SMARTS) is 1. The van der Waals surface area contributed by atoms with E-state index in [0.717, 1.165) is 5.69 Å². The standard InChI is InChI=1S/C12H10N2O3S/c1-2-7-10(11(15)16)14-8(6-18-12(14)13-7)9-4-3-5-17-9/h3-6H,2H2,1H3,(H,15,16). The van der Waals surface area contributed by atoms with Gasteiger partial charge in [0.25, 0.3) is 0 Å². The zero-order valence-corrected chi connectivity index (χ0v) is 10.4. The van der Waals surface area contributed by atoms with E-state index in [2.05, 4.69) is 4.98 Å². The maximum atomic E-state index is 11.4. The number of imidazole rings is 1. The van der Waals surface area contributed by atoms with Gasteiger partial charge in [-0.15, -0.1) is 11.3 Å². The summed E-state index contributed by atoms with van der Waals surface area (Å²) in [5.41, 5.74) is 1.55. The van der Waals surface area contributed by atoms with E-state index in [1.165, 1.54) is 11.3 Å². The van der Waals surface area contributed by atoms with Crippen LogP contribution < -0.4 is 0 Å². The van der Waals surface area contributed by atoms with Crippen molar-refractivity contribution in [1.82, 2.24) is 9.38 Å². The molecule has 0 atom stereocenters. The highest BCUT2D eigenvalue weighted by Crippen LogP contribution is 2.29. The van der Waals surface area contributed by atoms with Crippen LogP contribution in [-0.4, -0.2) is 20.5 Å². The fourth-order valence-corrected chi connectivity index (χ4v) is 2.86.